The van der Waals surface area contributed by atoms with Crippen LogP contribution in [0.5, 0.6) is 0 Å². The molecule has 0 spiro atoms. The number of anilines is 1. The minimum Gasteiger partial charge on any atom is -0.478 e. The van der Waals surface area contributed by atoms with Crippen molar-refractivity contribution in [3.63, 3.8) is 0 Å². The van der Waals surface area contributed by atoms with E-state index in [2.05, 4.69) is 5.32 Å². The SMILES string of the molecule is CC(=O)N1CCCC(c2csc(NC(=O)c3cccc(F)c3)c2C(=O)O)C1. The molecule has 1 aromatic heterocycles. The van der Waals surface area contributed by atoms with Gasteiger partial charge in [-0.25, -0.2) is 9.18 Å². The molecule has 2 heterocycles. The van der Waals surface area contributed by atoms with Crippen molar-refractivity contribution in [1.29, 1.82) is 0 Å². The van der Waals surface area contributed by atoms with Crippen molar-refractivity contribution in [2.24, 2.45) is 0 Å². The maximum atomic E-state index is 13.3. The first-order chi connectivity index (χ1) is 12.9. The number of halogens is 1. The number of carboxylic acids is 1. The molecule has 1 aliphatic heterocycles. The second kappa shape index (κ2) is 7.87. The average Bonchev–Trinajstić information content (AvgIpc) is 3.05. The van der Waals surface area contributed by atoms with Gasteiger partial charge in [-0.15, -0.1) is 11.3 Å². The van der Waals surface area contributed by atoms with Gasteiger partial charge in [0.2, 0.25) is 5.91 Å². The summed E-state index contributed by atoms with van der Waals surface area (Å²) in [4.78, 5) is 37.6. The number of likely N-dealkylation sites (tertiary alicyclic amines) is 1. The maximum absolute atomic E-state index is 13.3. The van der Waals surface area contributed by atoms with E-state index in [1.54, 1.807) is 10.3 Å². The molecule has 0 radical (unpaired) electrons. The molecule has 2 N–H and O–H groups in total. The van der Waals surface area contributed by atoms with Gasteiger partial charge in [-0.2, -0.15) is 0 Å². The van der Waals surface area contributed by atoms with Crippen LogP contribution >= 0.6 is 11.3 Å². The molecule has 27 heavy (non-hydrogen) atoms. The molecule has 1 saturated heterocycles. The second-order valence-corrected chi connectivity index (χ2v) is 7.35. The Balaban J connectivity index is 1.86. The summed E-state index contributed by atoms with van der Waals surface area (Å²) in [6.45, 7) is 2.63. The first kappa shape index (κ1) is 19.0. The standard InChI is InChI=1S/C19H19FN2O4S/c1-11(23)22-7-3-5-13(9-22)15-10-27-18(16(15)19(25)26)21-17(24)12-4-2-6-14(20)8-12/h2,4,6,8,10,13H,3,5,7,9H2,1H3,(H,21,24)(H,25,26). The van der Waals surface area contributed by atoms with Crippen LogP contribution < -0.4 is 5.32 Å². The molecule has 0 aliphatic carbocycles. The number of aromatic carboxylic acids is 1. The predicted molar refractivity (Wildman–Crippen MR) is 99.9 cm³/mol. The minimum absolute atomic E-state index is 0.0357. The fraction of sp³-hybridized carbons (Fsp3) is 0.316. The Hall–Kier alpha value is -2.74. The molecule has 1 aromatic carbocycles. The van der Waals surface area contributed by atoms with Gasteiger partial charge in [0, 0.05) is 31.5 Å². The number of piperidine rings is 1. The number of thiophene rings is 1. The highest BCUT2D eigenvalue weighted by Gasteiger charge is 2.29. The highest BCUT2D eigenvalue weighted by atomic mass is 32.1. The number of hydrogen-bond donors (Lipinski definition) is 2. The van der Waals surface area contributed by atoms with E-state index in [1.807, 2.05) is 0 Å². The molecular formula is C19H19FN2O4S. The fourth-order valence-corrected chi connectivity index (χ4v) is 4.34. The first-order valence-electron chi connectivity index (χ1n) is 8.54. The molecule has 142 valence electrons. The third-order valence-electron chi connectivity index (χ3n) is 4.65. The fourth-order valence-electron chi connectivity index (χ4n) is 3.31. The molecule has 0 saturated carbocycles. The van der Waals surface area contributed by atoms with Crippen molar-refractivity contribution in [3.05, 3.63) is 52.2 Å². The molecule has 1 fully saturated rings. The summed E-state index contributed by atoms with van der Waals surface area (Å²) in [5.74, 6) is -2.38. The summed E-state index contributed by atoms with van der Waals surface area (Å²) >= 11 is 1.12. The topological polar surface area (TPSA) is 86.7 Å². The highest BCUT2D eigenvalue weighted by Crippen LogP contribution is 2.37. The molecule has 2 aromatic rings. The van der Waals surface area contributed by atoms with E-state index in [1.165, 1.54) is 25.1 Å². The summed E-state index contributed by atoms with van der Waals surface area (Å²) in [7, 11) is 0. The third-order valence-corrected chi connectivity index (χ3v) is 5.57. The number of amides is 2. The maximum Gasteiger partial charge on any atom is 0.339 e. The van der Waals surface area contributed by atoms with Gasteiger partial charge < -0.3 is 15.3 Å². The zero-order valence-electron chi connectivity index (χ0n) is 14.7. The second-order valence-electron chi connectivity index (χ2n) is 6.47. The Kier molecular flexibility index (Phi) is 5.55. The van der Waals surface area contributed by atoms with Crippen molar-refractivity contribution >= 4 is 34.1 Å². The summed E-state index contributed by atoms with van der Waals surface area (Å²) in [5.41, 5.74) is 0.773. The van der Waals surface area contributed by atoms with Crippen molar-refractivity contribution < 1.29 is 23.9 Å². The van der Waals surface area contributed by atoms with Gasteiger partial charge in [-0.3, -0.25) is 9.59 Å². The predicted octanol–water partition coefficient (Wildman–Crippen LogP) is 3.56. The van der Waals surface area contributed by atoms with Crippen LogP contribution in [-0.2, 0) is 4.79 Å². The van der Waals surface area contributed by atoms with Gasteiger partial charge in [-0.1, -0.05) is 6.07 Å². The Labute approximate surface area is 159 Å². The Morgan fingerprint density at radius 2 is 2.11 bits per heavy atom. The summed E-state index contributed by atoms with van der Waals surface area (Å²) in [5, 5.41) is 14.2. The number of carbonyl (C=O) groups is 3. The van der Waals surface area contributed by atoms with E-state index >= 15 is 0 Å². The van der Waals surface area contributed by atoms with Crippen LogP contribution in [0.15, 0.2) is 29.6 Å². The van der Waals surface area contributed by atoms with Crippen LogP contribution in [0.25, 0.3) is 0 Å². The lowest BCUT2D eigenvalue weighted by molar-refractivity contribution is -0.130. The Bertz CT molecular complexity index is 896. The lowest BCUT2D eigenvalue weighted by Gasteiger charge is -2.32. The summed E-state index contributed by atoms with van der Waals surface area (Å²) < 4.78 is 13.3. The van der Waals surface area contributed by atoms with Gasteiger partial charge in [0.05, 0.1) is 5.56 Å². The third kappa shape index (κ3) is 4.16. The quantitative estimate of drug-likeness (QED) is 0.836. The molecule has 1 unspecified atom stereocenters. The van der Waals surface area contributed by atoms with E-state index in [0.29, 0.717) is 18.7 Å². The molecule has 1 atom stereocenters. The molecule has 2 amide bonds. The largest absolute Gasteiger partial charge is 0.478 e. The lowest BCUT2D eigenvalue weighted by Crippen LogP contribution is -2.37. The van der Waals surface area contributed by atoms with Crippen molar-refractivity contribution in [3.8, 4) is 0 Å². The van der Waals surface area contributed by atoms with Gasteiger partial charge in [0.1, 0.15) is 10.8 Å². The van der Waals surface area contributed by atoms with Crippen LogP contribution in [0, 0.1) is 5.82 Å². The van der Waals surface area contributed by atoms with Crippen LogP contribution in [-0.4, -0.2) is 40.9 Å². The van der Waals surface area contributed by atoms with E-state index in [9.17, 15) is 23.9 Å². The Morgan fingerprint density at radius 3 is 2.78 bits per heavy atom. The van der Waals surface area contributed by atoms with Crippen LogP contribution in [0.2, 0.25) is 0 Å². The minimum atomic E-state index is -1.14. The number of carbonyl (C=O) groups excluding carboxylic acids is 2. The normalized spacial score (nSPS) is 16.8. The molecule has 3 rings (SSSR count). The zero-order chi connectivity index (χ0) is 19.6. The van der Waals surface area contributed by atoms with Crippen LogP contribution in [0.3, 0.4) is 0 Å². The number of hydrogen-bond acceptors (Lipinski definition) is 4. The van der Waals surface area contributed by atoms with E-state index in [4.69, 9.17) is 0 Å². The molecule has 8 heteroatoms. The number of carboxylic acid groups (broad SMARTS) is 1. The summed E-state index contributed by atoms with van der Waals surface area (Å²) in [6.07, 6.45) is 1.57. The van der Waals surface area contributed by atoms with E-state index < -0.39 is 17.7 Å². The van der Waals surface area contributed by atoms with E-state index in [0.717, 1.165) is 30.2 Å². The van der Waals surface area contributed by atoms with Crippen molar-refractivity contribution in [2.75, 3.05) is 18.4 Å². The number of benzene rings is 1. The lowest BCUT2D eigenvalue weighted by atomic mass is 9.89. The number of nitrogens with one attached hydrogen (secondary N) is 1. The van der Waals surface area contributed by atoms with Gasteiger partial charge in [0.15, 0.2) is 0 Å². The molecular weight excluding hydrogens is 371 g/mol. The highest BCUT2D eigenvalue weighted by molar-refractivity contribution is 7.15. The van der Waals surface area contributed by atoms with E-state index in [-0.39, 0.29) is 28.0 Å². The van der Waals surface area contributed by atoms with Crippen molar-refractivity contribution in [1.82, 2.24) is 4.90 Å². The average molecular weight is 390 g/mol. The van der Waals surface area contributed by atoms with Crippen LogP contribution in [0.1, 0.15) is 52.0 Å². The zero-order valence-corrected chi connectivity index (χ0v) is 15.5. The number of rotatable bonds is 4. The van der Waals surface area contributed by atoms with Gasteiger partial charge >= 0.3 is 5.97 Å². The first-order valence-corrected chi connectivity index (χ1v) is 9.42. The van der Waals surface area contributed by atoms with Gasteiger partial charge in [0.25, 0.3) is 5.91 Å². The Morgan fingerprint density at radius 1 is 1.33 bits per heavy atom. The smallest absolute Gasteiger partial charge is 0.339 e. The van der Waals surface area contributed by atoms with Crippen LogP contribution in [0.4, 0.5) is 9.39 Å². The van der Waals surface area contributed by atoms with Gasteiger partial charge in [-0.05, 0) is 42.0 Å². The number of nitrogens with zero attached hydrogens (tertiary/aromatic N) is 1. The molecule has 0 bridgehead atoms. The summed E-state index contributed by atoms with van der Waals surface area (Å²) in [6, 6.07) is 5.20. The monoisotopic (exact) mass is 390 g/mol. The molecule has 6 nitrogen and oxygen atoms in total. The molecule has 1 aliphatic rings. The van der Waals surface area contributed by atoms with Crippen molar-refractivity contribution in [2.45, 2.75) is 25.7 Å².